The van der Waals surface area contributed by atoms with Crippen LogP contribution in [0, 0.1) is 5.92 Å². The van der Waals surface area contributed by atoms with Crippen molar-refractivity contribution < 1.29 is 14.3 Å². The van der Waals surface area contributed by atoms with Crippen LogP contribution < -0.4 is 10.2 Å². The van der Waals surface area contributed by atoms with E-state index in [4.69, 9.17) is 4.74 Å². The summed E-state index contributed by atoms with van der Waals surface area (Å²) in [5.74, 6) is -0.163. The molecule has 1 aromatic rings. The Hall–Kier alpha value is -2.08. The van der Waals surface area contributed by atoms with E-state index in [9.17, 15) is 9.59 Å². The predicted molar refractivity (Wildman–Crippen MR) is 98.9 cm³/mol. The van der Waals surface area contributed by atoms with Crippen LogP contribution in [0.4, 0.5) is 5.69 Å². The van der Waals surface area contributed by atoms with Gasteiger partial charge in [-0.25, -0.2) is 0 Å². The Labute approximate surface area is 150 Å². The molecule has 138 valence electrons. The Balaban J connectivity index is 2.07. The van der Waals surface area contributed by atoms with E-state index in [0.717, 1.165) is 18.5 Å². The fraction of sp³-hybridized carbons (Fsp3) is 0.579. The van der Waals surface area contributed by atoms with Crippen LogP contribution in [0.5, 0.6) is 0 Å². The Morgan fingerprint density at radius 1 is 1.32 bits per heavy atom. The van der Waals surface area contributed by atoms with Crippen molar-refractivity contribution in [2.24, 2.45) is 5.92 Å². The largest absolute Gasteiger partial charge is 0.383 e. The average Bonchev–Trinajstić information content (AvgIpc) is 2.61. The summed E-state index contributed by atoms with van der Waals surface area (Å²) in [5, 5.41) is 2.88. The molecule has 0 aromatic heterocycles. The van der Waals surface area contributed by atoms with Gasteiger partial charge in [-0.05, 0) is 38.0 Å². The number of benzene rings is 1. The van der Waals surface area contributed by atoms with Gasteiger partial charge in [0.2, 0.25) is 5.91 Å². The molecule has 0 radical (unpaired) electrons. The predicted octanol–water partition coefficient (Wildman–Crippen LogP) is 1.76. The molecule has 1 saturated heterocycles. The second kappa shape index (κ2) is 8.85. The van der Waals surface area contributed by atoms with Crippen LogP contribution in [-0.4, -0.2) is 63.7 Å². The van der Waals surface area contributed by atoms with E-state index >= 15 is 0 Å². The van der Waals surface area contributed by atoms with E-state index in [1.54, 1.807) is 7.11 Å². The summed E-state index contributed by atoms with van der Waals surface area (Å²) in [6.45, 7) is 3.51. The van der Waals surface area contributed by atoms with Gasteiger partial charge in [0.25, 0.3) is 5.91 Å². The number of anilines is 1. The highest BCUT2D eigenvalue weighted by Gasteiger charge is 2.33. The van der Waals surface area contributed by atoms with E-state index in [1.165, 1.54) is 0 Å². The number of hydrogen-bond acceptors (Lipinski definition) is 4. The first kappa shape index (κ1) is 19.2. The zero-order valence-electron chi connectivity index (χ0n) is 15.6. The Morgan fingerprint density at radius 3 is 2.76 bits per heavy atom. The molecule has 2 rings (SSSR count). The lowest BCUT2D eigenvalue weighted by Gasteiger charge is -2.37. The minimum Gasteiger partial charge on any atom is -0.383 e. The van der Waals surface area contributed by atoms with Crippen molar-refractivity contribution in [3.05, 3.63) is 29.8 Å². The van der Waals surface area contributed by atoms with Gasteiger partial charge in [0.1, 0.15) is 0 Å². The molecule has 1 N–H and O–H groups in total. The fourth-order valence-electron chi connectivity index (χ4n) is 3.11. The number of piperidine rings is 1. The third-order valence-electron chi connectivity index (χ3n) is 4.73. The van der Waals surface area contributed by atoms with Crippen LogP contribution in [0.1, 0.15) is 30.1 Å². The van der Waals surface area contributed by atoms with Crippen molar-refractivity contribution in [3.63, 3.8) is 0 Å². The van der Waals surface area contributed by atoms with E-state index < -0.39 is 0 Å². The Morgan fingerprint density at radius 2 is 2.08 bits per heavy atom. The lowest BCUT2D eigenvalue weighted by atomic mass is 9.92. The molecule has 1 aliphatic rings. The molecule has 0 bridgehead atoms. The molecule has 2 atom stereocenters. The van der Waals surface area contributed by atoms with Crippen molar-refractivity contribution in [2.45, 2.75) is 25.8 Å². The number of nitrogens with one attached hydrogen (secondary N) is 1. The summed E-state index contributed by atoms with van der Waals surface area (Å²) >= 11 is 0. The fourth-order valence-corrected chi connectivity index (χ4v) is 3.11. The maximum absolute atomic E-state index is 13.0. The second-order valence-electron chi connectivity index (χ2n) is 6.81. The van der Waals surface area contributed by atoms with Crippen LogP contribution in [0.15, 0.2) is 24.3 Å². The summed E-state index contributed by atoms with van der Waals surface area (Å²) in [6, 6.07) is 7.74. The van der Waals surface area contributed by atoms with E-state index in [0.29, 0.717) is 25.3 Å². The molecule has 0 unspecified atom stereocenters. The molecule has 0 aliphatic carbocycles. The van der Waals surface area contributed by atoms with Gasteiger partial charge in [0.15, 0.2) is 0 Å². The smallest absolute Gasteiger partial charge is 0.254 e. The molecule has 0 spiro atoms. The topological polar surface area (TPSA) is 61.9 Å². The van der Waals surface area contributed by atoms with Crippen LogP contribution >= 0.6 is 0 Å². The summed E-state index contributed by atoms with van der Waals surface area (Å²) in [7, 11) is 5.51. The summed E-state index contributed by atoms with van der Waals surface area (Å²) < 4.78 is 4.96. The van der Waals surface area contributed by atoms with Gasteiger partial charge in [-0.15, -0.1) is 0 Å². The van der Waals surface area contributed by atoms with Gasteiger partial charge in [-0.2, -0.15) is 0 Å². The molecule has 6 nitrogen and oxygen atoms in total. The third-order valence-corrected chi connectivity index (χ3v) is 4.73. The quantitative estimate of drug-likeness (QED) is 0.797. The van der Waals surface area contributed by atoms with Crippen LogP contribution in [0.25, 0.3) is 0 Å². The molecule has 1 aliphatic heterocycles. The number of carbonyl (C=O) groups excluding carboxylic acids is 2. The van der Waals surface area contributed by atoms with E-state index in [-0.39, 0.29) is 23.8 Å². The zero-order valence-corrected chi connectivity index (χ0v) is 15.6. The van der Waals surface area contributed by atoms with Gasteiger partial charge in [0, 0.05) is 51.6 Å². The van der Waals surface area contributed by atoms with Gasteiger partial charge < -0.3 is 19.9 Å². The Bertz CT molecular complexity index is 603. The van der Waals surface area contributed by atoms with Crippen molar-refractivity contribution >= 4 is 17.5 Å². The number of ether oxygens (including phenoxy) is 1. The molecule has 2 amide bonds. The summed E-state index contributed by atoms with van der Waals surface area (Å²) in [4.78, 5) is 29.1. The number of amides is 2. The molecule has 0 saturated carbocycles. The molecule has 1 heterocycles. The molecular formula is C19H29N3O3. The van der Waals surface area contributed by atoms with Gasteiger partial charge in [-0.3, -0.25) is 9.59 Å². The van der Waals surface area contributed by atoms with E-state index in [2.05, 4.69) is 5.32 Å². The molecule has 1 aromatic carbocycles. The Kier molecular flexibility index (Phi) is 6.82. The van der Waals surface area contributed by atoms with Crippen molar-refractivity contribution in [1.82, 2.24) is 10.2 Å². The first-order chi connectivity index (χ1) is 11.9. The first-order valence-electron chi connectivity index (χ1n) is 8.79. The lowest BCUT2D eigenvalue weighted by Crippen LogP contribution is -2.49. The van der Waals surface area contributed by atoms with Crippen molar-refractivity contribution in [2.75, 3.05) is 45.8 Å². The third kappa shape index (κ3) is 4.95. The monoisotopic (exact) mass is 347 g/mol. The lowest BCUT2D eigenvalue weighted by molar-refractivity contribution is -0.126. The second-order valence-corrected chi connectivity index (χ2v) is 6.81. The minimum absolute atomic E-state index is 0.00351. The summed E-state index contributed by atoms with van der Waals surface area (Å²) in [5.41, 5.74) is 1.66. The normalized spacial score (nSPS) is 20.2. The van der Waals surface area contributed by atoms with Crippen LogP contribution in [0.3, 0.4) is 0 Å². The number of hydrogen-bond donors (Lipinski definition) is 1. The van der Waals surface area contributed by atoms with Crippen molar-refractivity contribution in [1.29, 1.82) is 0 Å². The minimum atomic E-state index is -0.158. The number of likely N-dealkylation sites (tertiary alicyclic amines) is 1. The first-order valence-corrected chi connectivity index (χ1v) is 8.79. The number of methoxy groups -OCH3 is 1. The van der Waals surface area contributed by atoms with Crippen LogP contribution in [0.2, 0.25) is 0 Å². The van der Waals surface area contributed by atoms with Gasteiger partial charge in [-0.1, -0.05) is 6.07 Å². The highest BCUT2D eigenvalue weighted by atomic mass is 16.5. The molecule has 25 heavy (non-hydrogen) atoms. The standard InChI is InChI=1S/C19H29N3O3/c1-14-8-9-16(18(23)20-10-11-25-4)13-22(14)19(24)15-6-5-7-17(12-15)21(2)3/h5-7,12,14,16H,8-11,13H2,1-4H3,(H,20,23)/t14-,16-/m0/s1. The number of rotatable bonds is 6. The molecule has 6 heteroatoms. The SMILES string of the molecule is COCCNC(=O)[C@H]1CC[C@H](C)N(C(=O)c2cccc(N(C)C)c2)C1. The molecular weight excluding hydrogens is 318 g/mol. The van der Waals surface area contributed by atoms with E-state index in [1.807, 2.05) is 55.1 Å². The highest BCUT2D eigenvalue weighted by molar-refractivity contribution is 5.96. The maximum Gasteiger partial charge on any atom is 0.254 e. The van der Waals surface area contributed by atoms with Gasteiger partial charge in [0.05, 0.1) is 12.5 Å². The summed E-state index contributed by atoms with van der Waals surface area (Å²) in [6.07, 6.45) is 1.64. The zero-order chi connectivity index (χ0) is 18.4. The number of carbonyl (C=O) groups is 2. The van der Waals surface area contributed by atoms with Crippen LogP contribution in [-0.2, 0) is 9.53 Å². The average molecular weight is 347 g/mol. The maximum atomic E-state index is 13.0. The van der Waals surface area contributed by atoms with Crippen molar-refractivity contribution in [3.8, 4) is 0 Å². The number of nitrogens with zero attached hydrogens (tertiary/aromatic N) is 2. The highest BCUT2D eigenvalue weighted by Crippen LogP contribution is 2.25. The molecule has 1 fully saturated rings. The van der Waals surface area contributed by atoms with Gasteiger partial charge >= 0.3 is 0 Å².